The Bertz CT molecular complexity index is 3530. The van der Waals surface area contributed by atoms with Crippen LogP contribution in [0.5, 0.6) is 0 Å². The van der Waals surface area contributed by atoms with Crippen molar-refractivity contribution in [2.75, 3.05) is 9.80 Å². The second-order valence-corrected chi connectivity index (χ2v) is 19.2. The maximum absolute atomic E-state index is 5.76. The third-order valence-electron chi connectivity index (χ3n) is 14.7. The van der Waals surface area contributed by atoms with Gasteiger partial charge >= 0.3 is 0 Å². The molecule has 342 valence electrons. The van der Waals surface area contributed by atoms with Crippen LogP contribution in [0.25, 0.3) is 45.0 Å². The second-order valence-electron chi connectivity index (χ2n) is 19.2. The Morgan fingerprint density at radius 2 is 0.653 bits per heavy atom. The van der Waals surface area contributed by atoms with E-state index < -0.39 is 5.41 Å². The van der Waals surface area contributed by atoms with Crippen LogP contribution in [0.3, 0.4) is 0 Å². The Kier molecular flexibility index (Phi) is 10.3. The second kappa shape index (κ2) is 17.3. The standard InChI is InChI=1S/C67H49N5/c1-66(2)59-39-23-21-37-55(59)57-45-62-58(44-61(57)66)56-38-22-24-40-60(56)67(62,65-69-63(46-25-9-3-10-26-46)68-64(70-65)47-27-11-4-12-28-47)48-41-53(71(49-29-13-5-14-30-49)50-31-15-6-16-32-50)43-54(42-48)72(51-33-17-7-18-34-51)52-35-19-8-20-36-52/h3-45H,1-2H3. The van der Waals surface area contributed by atoms with Gasteiger partial charge in [-0.2, -0.15) is 0 Å². The summed E-state index contributed by atoms with van der Waals surface area (Å²) in [6.45, 7) is 4.73. The molecule has 0 N–H and O–H groups in total. The molecule has 1 atom stereocenters. The number of benzene rings is 10. The minimum atomic E-state index is -1.08. The molecule has 1 heterocycles. The van der Waals surface area contributed by atoms with E-state index in [4.69, 9.17) is 15.0 Å². The highest BCUT2D eigenvalue weighted by Crippen LogP contribution is 2.61. The van der Waals surface area contributed by atoms with E-state index in [9.17, 15) is 0 Å². The number of hydrogen-bond donors (Lipinski definition) is 0. The Morgan fingerprint density at radius 3 is 1.11 bits per heavy atom. The van der Waals surface area contributed by atoms with Gasteiger partial charge in [0.05, 0.1) is 0 Å². The van der Waals surface area contributed by atoms with E-state index in [2.05, 4.69) is 272 Å². The average Bonchev–Trinajstić information content (AvgIpc) is 3.86. The molecule has 11 aromatic rings. The molecule has 2 aliphatic rings. The highest BCUT2D eigenvalue weighted by atomic mass is 15.2. The summed E-state index contributed by atoms with van der Waals surface area (Å²) in [6, 6.07) is 93.4. The molecule has 1 unspecified atom stereocenters. The van der Waals surface area contributed by atoms with Crippen molar-refractivity contribution >= 4 is 34.1 Å². The molecule has 0 saturated heterocycles. The highest BCUT2D eigenvalue weighted by molar-refractivity contribution is 5.94. The summed E-state index contributed by atoms with van der Waals surface area (Å²) in [5.74, 6) is 1.87. The summed E-state index contributed by atoms with van der Waals surface area (Å²) in [4.78, 5) is 21.6. The molecule has 5 nitrogen and oxygen atoms in total. The summed E-state index contributed by atoms with van der Waals surface area (Å²) in [5, 5.41) is 0. The van der Waals surface area contributed by atoms with Crippen molar-refractivity contribution in [1.29, 1.82) is 0 Å². The molecule has 0 bridgehead atoms. The van der Waals surface area contributed by atoms with Crippen molar-refractivity contribution in [3.63, 3.8) is 0 Å². The van der Waals surface area contributed by atoms with Crippen molar-refractivity contribution in [3.05, 3.63) is 294 Å². The number of hydrogen-bond acceptors (Lipinski definition) is 5. The van der Waals surface area contributed by atoms with E-state index in [-0.39, 0.29) is 5.41 Å². The van der Waals surface area contributed by atoms with Crippen LogP contribution in [0, 0.1) is 0 Å². The van der Waals surface area contributed by atoms with Crippen molar-refractivity contribution in [1.82, 2.24) is 15.0 Å². The quantitative estimate of drug-likeness (QED) is 0.137. The first kappa shape index (κ1) is 42.9. The molecule has 0 spiro atoms. The van der Waals surface area contributed by atoms with Crippen molar-refractivity contribution in [2.24, 2.45) is 0 Å². The van der Waals surface area contributed by atoms with Crippen molar-refractivity contribution < 1.29 is 0 Å². The molecule has 0 saturated carbocycles. The predicted octanol–water partition coefficient (Wildman–Crippen LogP) is 16.8. The summed E-state index contributed by atoms with van der Waals surface area (Å²) < 4.78 is 0. The number of aromatic nitrogens is 3. The van der Waals surface area contributed by atoms with Crippen LogP contribution in [-0.4, -0.2) is 15.0 Å². The fourth-order valence-corrected chi connectivity index (χ4v) is 11.4. The van der Waals surface area contributed by atoms with Gasteiger partial charge in [0.25, 0.3) is 0 Å². The molecule has 0 amide bonds. The summed E-state index contributed by atoms with van der Waals surface area (Å²) >= 11 is 0. The Balaban J connectivity index is 1.21. The van der Waals surface area contributed by atoms with Crippen molar-refractivity contribution in [3.8, 4) is 45.0 Å². The molecule has 10 aromatic carbocycles. The van der Waals surface area contributed by atoms with Crippen LogP contribution in [0.1, 0.15) is 47.5 Å². The van der Waals surface area contributed by atoms with Crippen LogP contribution < -0.4 is 9.80 Å². The molecule has 72 heavy (non-hydrogen) atoms. The normalized spacial score (nSPS) is 14.7. The lowest BCUT2D eigenvalue weighted by atomic mass is 9.70. The lowest BCUT2D eigenvalue weighted by Crippen LogP contribution is -2.32. The van der Waals surface area contributed by atoms with E-state index >= 15 is 0 Å². The summed E-state index contributed by atoms with van der Waals surface area (Å²) in [5.41, 5.74) is 17.3. The Hall–Kier alpha value is -9.19. The van der Waals surface area contributed by atoms with Gasteiger partial charge in [0.15, 0.2) is 17.5 Å². The SMILES string of the molecule is CC1(C)c2ccccc2-c2cc3c(cc21)-c1ccccc1C3(c1cc(N(c2ccccc2)c2ccccc2)cc(N(c2ccccc2)c2ccccc2)c1)c1nc(-c2ccccc2)nc(-c2ccccc2)n1. The molecule has 13 rings (SSSR count). The highest BCUT2D eigenvalue weighted by Gasteiger charge is 2.51. The van der Waals surface area contributed by atoms with Gasteiger partial charge in [0, 0.05) is 50.7 Å². The van der Waals surface area contributed by atoms with E-state index in [1.54, 1.807) is 0 Å². The topological polar surface area (TPSA) is 45.2 Å². The monoisotopic (exact) mass is 923 g/mol. The predicted molar refractivity (Wildman–Crippen MR) is 295 cm³/mol. The third kappa shape index (κ3) is 6.96. The molecule has 0 radical (unpaired) electrons. The molecule has 0 aliphatic heterocycles. The van der Waals surface area contributed by atoms with Gasteiger partial charge in [-0.25, -0.2) is 15.0 Å². The smallest absolute Gasteiger partial charge is 0.163 e. The molecular formula is C67H49N5. The summed E-state index contributed by atoms with van der Waals surface area (Å²) in [7, 11) is 0. The maximum atomic E-state index is 5.76. The first-order valence-corrected chi connectivity index (χ1v) is 24.7. The fraction of sp³-hybridized carbons (Fsp3) is 0.0597. The number of fused-ring (bicyclic) bond motifs is 6. The zero-order valence-electron chi connectivity index (χ0n) is 40.1. The average molecular weight is 924 g/mol. The van der Waals surface area contributed by atoms with Gasteiger partial charge in [-0.3, -0.25) is 0 Å². The first-order valence-electron chi connectivity index (χ1n) is 24.7. The van der Waals surface area contributed by atoms with Crippen LogP contribution >= 0.6 is 0 Å². The minimum Gasteiger partial charge on any atom is -0.310 e. The summed E-state index contributed by atoms with van der Waals surface area (Å²) in [6.07, 6.45) is 0. The van der Waals surface area contributed by atoms with Gasteiger partial charge < -0.3 is 9.80 Å². The molecule has 0 fully saturated rings. The van der Waals surface area contributed by atoms with Gasteiger partial charge in [0.1, 0.15) is 5.41 Å². The molecule has 1 aromatic heterocycles. The van der Waals surface area contributed by atoms with E-state index in [0.29, 0.717) is 17.5 Å². The van der Waals surface area contributed by atoms with Gasteiger partial charge in [0.2, 0.25) is 0 Å². The molecular weight excluding hydrogens is 875 g/mol. The maximum Gasteiger partial charge on any atom is 0.163 e. The zero-order valence-corrected chi connectivity index (χ0v) is 40.1. The van der Waals surface area contributed by atoms with E-state index in [1.165, 1.54) is 27.8 Å². The van der Waals surface area contributed by atoms with Crippen molar-refractivity contribution in [2.45, 2.75) is 24.7 Å². The largest absolute Gasteiger partial charge is 0.310 e. The van der Waals surface area contributed by atoms with E-state index in [0.717, 1.165) is 67.5 Å². The minimum absolute atomic E-state index is 0.222. The Labute approximate surface area is 421 Å². The molecule has 5 heteroatoms. The van der Waals surface area contributed by atoms with Crippen LogP contribution in [0.2, 0.25) is 0 Å². The zero-order chi connectivity index (χ0) is 48.2. The van der Waals surface area contributed by atoms with Crippen LogP contribution in [-0.2, 0) is 10.8 Å². The van der Waals surface area contributed by atoms with Crippen LogP contribution in [0.4, 0.5) is 34.1 Å². The lowest BCUT2D eigenvalue weighted by molar-refractivity contribution is 0.659. The van der Waals surface area contributed by atoms with Gasteiger partial charge in [-0.15, -0.1) is 0 Å². The lowest BCUT2D eigenvalue weighted by Gasteiger charge is -2.36. The number of para-hydroxylation sites is 4. The Morgan fingerprint density at radius 1 is 0.292 bits per heavy atom. The number of nitrogens with zero attached hydrogens (tertiary/aromatic N) is 5. The van der Waals surface area contributed by atoms with Gasteiger partial charge in [-0.1, -0.05) is 196 Å². The molecule has 2 aliphatic carbocycles. The first-order chi connectivity index (χ1) is 35.5. The third-order valence-corrected chi connectivity index (χ3v) is 14.7. The van der Waals surface area contributed by atoms with Crippen LogP contribution in [0.15, 0.2) is 261 Å². The fourth-order valence-electron chi connectivity index (χ4n) is 11.4. The van der Waals surface area contributed by atoms with E-state index in [1.807, 2.05) is 12.1 Å². The van der Waals surface area contributed by atoms with Gasteiger partial charge in [-0.05, 0) is 129 Å². The number of anilines is 6. The number of rotatable bonds is 10.